The molecule has 0 aliphatic carbocycles. The fraction of sp³-hybridized carbons (Fsp3) is 0.500. The van der Waals surface area contributed by atoms with Gasteiger partial charge in [-0.3, -0.25) is 0 Å². The van der Waals surface area contributed by atoms with Crippen LogP contribution in [0.2, 0.25) is 0 Å². The Morgan fingerprint density at radius 3 is 2.08 bits per heavy atom. The summed E-state index contributed by atoms with van der Waals surface area (Å²) in [7, 11) is 0. The zero-order chi connectivity index (χ0) is 18.8. The van der Waals surface area contributed by atoms with Gasteiger partial charge in [0.25, 0.3) is 0 Å². The SMILES string of the molecule is CCCCOCc1ccc(C(CC)CC(C)c2ccc(CO)cc2)cc1. The van der Waals surface area contributed by atoms with E-state index >= 15 is 0 Å². The molecule has 0 amide bonds. The van der Waals surface area contributed by atoms with Gasteiger partial charge in [0.1, 0.15) is 0 Å². The van der Waals surface area contributed by atoms with Crippen LogP contribution >= 0.6 is 0 Å². The lowest BCUT2D eigenvalue weighted by Crippen LogP contribution is -2.04. The summed E-state index contributed by atoms with van der Waals surface area (Å²) >= 11 is 0. The van der Waals surface area contributed by atoms with E-state index < -0.39 is 0 Å². The lowest BCUT2D eigenvalue weighted by molar-refractivity contribution is 0.118. The monoisotopic (exact) mass is 354 g/mol. The molecule has 0 spiro atoms. The fourth-order valence-electron chi connectivity index (χ4n) is 3.38. The second-order valence-electron chi connectivity index (χ2n) is 7.29. The molecule has 0 aromatic heterocycles. The highest BCUT2D eigenvalue weighted by molar-refractivity contribution is 5.28. The first-order valence-corrected chi connectivity index (χ1v) is 10.0. The van der Waals surface area contributed by atoms with Gasteiger partial charge in [-0.15, -0.1) is 0 Å². The van der Waals surface area contributed by atoms with E-state index in [0.717, 1.165) is 31.4 Å². The summed E-state index contributed by atoms with van der Waals surface area (Å²) in [5, 5.41) is 9.19. The summed E-state index contributed by atoms with van der Waals surface area (Å²) in [6.45, 7) is 8.43. The van der Waals surface area contributed by atoms with Gasteiger partial charge in [-0.2, -0.15) is 0 Å². The molecule has 2 aromatic carbocycles. The zero-order valence-corrected chi connectivity index (χ0v) is 16.6. The fourth-order valence-corrected chi connectivity index (χ4v) is 3.38. The van der Waals surface area contributed by atoms with Crippen molar-refractivity contribution in [2.45, 2.75) is 71.5 Å². The standard InChI is InChI=1S/C24H34O2/c1-4-6-15-26-18-21-9-13-24(14-10-21)22(5-2)16-19(3)23-11-7-20(17-25)8-12-23/h7-14,19,22,25H,4-6,15-18H2,1-3H3. The minimum absolute atomic E-state index is 0.112. The molecule has 0 fully saturated rings. The number of hydrogen-bond acceptors (Lipinski definition) is 2. The summed E-state index contributed by atoms with van der Waals surface area (Å²) in [6, 6.07) is 17.3. The Balaban J connectivity index is 1.94. The van der Waals surface area contributed by atoms with Crippen molar-refractivity contribution < 1.29 is 9.84 Å². The van der Waals surface area contributed by atoms with Crippen LogP contribution in [0.15, 0.2) is 48.5 Å². The van der Waals surface area contributed by atoms with Crippen molar-refractivity contribution in [3.63, 3.8) is 0 Å². The first-order valence-electron chi connectivity index (χ1n) is 10.0. The van der Waals surface area contributed by atoms with E-state index in [9.17, 15) is 5.11 Å². The van der Waals surface area contributed by atoms with Crippen molar-refractivity contribution in [1.29, 1.82) is 0 Å². The van der Waals surface area contributed by atoms with Crippen LogP contribution in [0.5, 0.6) is 0 Å². The van der Waals surface area contributed by atoms with Crippen LogP contribution in [0.4, 0.5) is 0 Å². The van der Waals surface area contributed by atoms with Crippen LogP contribution in [0.3, 0.4) is 0 Å². The van der Waals surface area contributed by atoms with Crippen LogP contribution in [0.1, 0.15) is 80.5 Å². The molecule has 2 nitrogen and oxygen atoms in total. The summed E-state index contributed by atoms with van der Waals surface area (Å²) in [6.07, 6.45) is 4.60. The Morgan fingerprint density at radius 1 is 0.885 bits per heavy atom. The van der Waals surface area contributed by atoms with Crippen LogP contribution < -0.4 is 0 Å². The molecule has 0 aliphatic rings. The Morgan fingerprint density at radius 2 is 1.50 bits per heavy atom. The van der Waals surface area contributed by atoms with Gasteiger partial charge >= 0.3 is 0 Å². The average Bonchev–Trinajstić information content (AvgIpc) is 2.70. The zero-order valence-electron chi connectivity index (χ0n) is 16.6. The van der Waals surface area contributed by atoms with Gasteiger partial charge in [-0.1, -0.05) is 75.7 Å². The molecule has 2 unspecified atom stereocenters. The predicted molar refractivity (Wildman–Crippen MR) is 109 cm³/mol. The van der Waals surface area contributed by atoms with Gasteiger partial charge in [0.2, 0.25) is 0 Å². The van der Waals surface area contributed by atoms with E-state index in [4.69, 9.17) is 4.74 Å². The topological polar surface area (TPSA) is 29.5 Å². The van der Waals surface area contributed by atoms with Crippen molar-refractivity contribution in [2.24, 2.45) is 0 Å². The lowest BCUT2D eigenvalue weighted by atomic mass is 9.84. The number of benzene rings is 2. The molecule has 2 heteroatoms. The van der Waals surface area contributed by atoms with E-state index in [0.29, 0.717) is 18.4 Å². The van der Waals surface area contributed by atoms with Gasteiger partial charge in [0.05, 0.1) is 13.2 Å². The van der Waals surface area contributed by atoms with E-state index in [1.807, 2.05) is 12.1 Å². The largest absolute Gasteiger partial charge is 0.392 e. The van der Waals surface area contributed by atoms with E-state index in [-0.39, 0.29) is 6.61 Å². The Labute approximate surface area is 159 Å². The smallest absolute Gasteiger partial charge is 0.0716 e. The molecule has 0 heterocycles. The Hall–Kier alpha value is -1.64. The maximum absolute atomic E-state index is 9.19. The quantitative estimate of drug-likeness (QED) is 0.488. The molecule has 0 aliphatic heterocycles. The van der Waals surface area contributed by atoms with E-state index in [1.54, 1.807) is 0 Å². The molecule has 0 bridgehead atoms. The number of rotatable bonds is 11. The van der Waals surface area contributed by atoms with Gasteiger partial charge in [0, 0.05) is 6.61 Å². The van der Waals surface area contributed by atoms with Crippen molar-refractivity contribution >= 4 is 0 Å². The second kappa shape index (κ2) is 11.2. The minimum atomic E-state index is 0.112. The number of aliphatic hydroxyl groups is 1. The summed E-state index contributed by atoms with van der Waals surface area (Å²) < 4.78 is 5.71. The lowest BCUT2D eigenvalue weighted by Gasteiger charge is -2.21. The molecule has 0 radical (unpaired) electrons. The van der Waals surface area contributed by atoms with E-state index in [1.165, 1.54) is 23.1 Å². The van der Waals surface area contributed by atoms with Gasteiger partial charge in [0.15, 0.2) is 0 Å². The molecular formula is C24H34O2. The maximum atomic E-state index is 9.19. The highest BCUT2D eigenvalue weighted by Gasteiger charge is 2.15. The van der Waals surface area contributed by atoms with Gasteiger partial charge in [-0.05, 0) is 53.4 Å². The third-order valence-corrected chi connectivity index (χ3v) is 5.22. The molecule has 2 atom stereocenters. The highest BCUT2D eigenvalue weighted by atomic mass is 16.5. The van der Waals surface area contributed by atoms with Crippen LogP contribution in [-0.2, 0) is 18.0 Å². The van der Waals surface area contributed by atoms with Crippen molar-refractivity contribution in [1.82, 2.24) is 0 Å². The van der Waals surface area contributed by atoms with Gasteiger partial charge in [-0.25, -0.2) is 0 Å². The first kappa shape index (κ1) is 20.7. The molecular weight excluding hydrogens is 320 g/mol. The van der Waals surface area contributed by atoms with Crippen molar-refractivity contribution in [2.75, 3.05) is 6.61 Å². The van der Waals surface area contributed by atoms with Crippen molar-refractivity contribution in [3.05, 3.63) is 70.8 Å². The van der Waals surface area contributed by atoms with E-state index in [2.05, 4.69) is 57.2 Å². The van der Waals surface area contributed by atoms with Gasteiger partial charge < -0.3 is 9.84 Å². The molecule has 142 valence electrons. The van der Waals surface area contributed by atoms with Crippen LogP contribution in [0, 0.1) is 0 Å². The molecule has 0 saturated carbocycles. The average molecular weight is 355 g/mol. The van der Waals surface area contributed by atoms with Crippen LogP contribution in [0.25, 0.3) is 0 Å². The molecule has 1 N–H and O–H groups in total. The minimum Gasteiger partial charge on any atom is -0.392 e. The summed E-state index contributed by atoms with van der Waals surface area (Å²) in [5.74, 6) is 1.07. The molecule has 0 saturated heterocycles. The molecule has 2 aromatic rings. The number of unbranched alkanes of at least 4 members (excludes halogenated alkanes) is 1. The summed E-state index contributed by atoms with van der Waals surface area (Å²) in [4.78, 5) is 0. The molecule has 26 heavy (non-hydrogen) atoms. The normalized spacial score (nSPS) is 13.5. The predicted octanol–water partition coefficient (Wildman–Crippen LogP) is 6.18. The summed E-state index contributed by atoms with van der Waals surface area (Å²) in [5.41, 5.74) is 5.00. The maximum Gasteiger partial charge on any atom is 0.0716 e. The Kier molecular flexibility index (Phi) is 8.87. The molecule has 2 rings (SSSR count). The second-order valence-corrected chi connectivity index (χ2v) is 7.29. The first-order chi connectivity index (χ1) is 12.7. The third-order valence-electron chi connectivity index (χ3n) is 5.22. The third kappa shape index (κ3) is 6.26. The highest BCUT2D eigenvalue weighted by Crippen LogP contribution is 2.32. The van der Waals surface area contributed by atoms with Crippen LogP contribution in [-0.4, -0.2) is 11.7 Å². The number of hydrogen-bond donors (Lipinski definition) is 1. The Bertz CT molecular complexity index is 616. The number of aliphatic hydroxyl groups excluding tert-OH is 1. The number of ether oxygens (including phenoxy) is 1. The van der Waals surface area contributed by atoms with Crippen molar-refractivity contribution in [3.8, 4) is 0 Å².